The van der Waals surface area contributed by atoms with Gasteiger partial charge in [0.15, 0.2) is 11.6 Å². The number of phenolic OH excluding ortho intramolecular Hbond substituents is 1. The average molecular weight is 185 g/mol. The van der Waals surface area contributed by atoms with Crippen LogP contribution in [0.25, 0.3) is 0 Å². The highest BCUT2D eigenvalue weighted by molar-refractivity contribution is 5.35. The van der Waals surface area contributed by atoms with Crippen LogP contribution in [0.5, 0.6) is 5.75 Å². The molecule has 1 aromatic carbocycles. The van der Waals surface area contributed by atoms with Crippen LogP contribution in [0.4, 0.5) is 4.39 Å². The van der Waals surface area contributed by atoms with Crippen molar-refractivity contribution in [2.45, 2.75) is 6.04 Å². The van der Waals surface area contributed by atoms with E-state index in [4.69, 9.17) is 10.5 Å². The minimum Gasteiger partial charge on any atom is -0.505 e. The topological polar surface area (TPSA) is 55.5 Å². The summed E-state index contributed by atoms with van der Waals surface area (Å²) in [4.78, 5) is 0. The Balaban J connectivity index is 2.93. The van der Waals surface area contributed by atoms with Gasteiger partial charge in [0.05, 0.1) is 12.6 Å². The fourth-order valence-electron chi connectivity index (χ4n) is 1.10. The molecule has 0 amide bonds. The van der Waals surface area contributed by atoms with Crippen LogP contribution in [-0.4, -0.2) is 18.8 Å². The quantitative estimate of drug-likeness (QED) is 0.743. The number of nitrogens with two attached hydrogens (primary N) is 1. The lowest BCUT2D eigenvalue weighted by Crippen LogP contribution is -2.16. The van der Waals surface area contributed by atoms with Gasteiger partial charge in [-0.05, 0) is 6.07 Å². The molecule has 1 atom stereocenters. The fraction of sp³-hybridized carbons (Fsp3) is 0.333. The maximum Gasteiger partial charge on any atom is 0.165 e. The Morgan fingerprint density at radius 1 is 1.62 bits per heavy atom. The van der Waals surface area contributed by atoms with Crippen molar-refractivity contribution in [1.29, 1.82) is 0 Å². The predicted molar refractivity (Wildman–Crippen MR) is 46.9 cm³/mol. The number of halogens is 1. The van der Waals surface area contributed by atoms with E-state index in [0.717, 1.165) is 0 Å². The normalized spacial score (nSPS) is 12.8. The molecule has 0 aromatic heterocycles. The van der Waals surface area contributed by atoms with Crippen LogP contribution < -0.4 is 5.73 Å². The Hall–Kier alpha value is -1.13. The van der Waals surface area contributed by atoms with E-state index >= 15 is 0 Å². The van der Waals surface area contributed by atoms with Crippen molar-refractivity contribution in [2.75, 3.05) is 13.7 Å². The number of hydrogen-bond acceptors (Lipinski definition) is 3. The first-order valence-corrected chi connectivity index (χ1v) is 3.88. The van der Waals surface area contributed by atoms with Gasteiger partial charge in [0, 0.05) is 12.7 Å². The molecule has 0 fully saturated rings. The highest BCUT2D eigenvalue weighted by Crippen LogP contribution is 2.25. The summed E-state index contributed by atoms with van der Waals surface area (Å²) in [5, 5.41) is 9.28. The van der Waals surface area contributed by atoms with E-state index in [-0.39, 0.29) is 6.61 Å². The van der Waals surface area contributed by atoms with Crippen molar-refractivity contribution in [1.82, 2.24) is 0 Å². The molecule has 0 bridgehead atoms. The number of rotatable bonds is 3. The van der Waals surface area contributed by atoms with E-state index in [0.29, 0.717) is 5.56 Å². The third-order valence-electron chi connectivity index (χ3n) is 1.76. The SMILES string of the molecule is COC[C@H](N)c1cccc(F)c1O. The Labute approximate surface area is 75.9 Å². The van der Waals surface area contributed by atoms with E-state index in [9.17, 15) is 9.50 Å². The first-order chi connectivity index (χ1) is 6.16. The number of phenols is 1. The number of methoxy groups -OCH3 is 1. The Morgan fingerprint density at radius 3 is 2.92 bits per heavy atom. The second-order valence-corrected chi connectivity index (χ2v) is 2.74. The number of para-hydroxylation sites is 1. The predicted octanol–water partition coefficient (Wildman–Crippen LogP) is 1.18. The first-order valence-electron chi connectivity index (χ1n) is 3.88. The molecule has 0 saturated carbocycles. The van der Waals surface area contributed by atoms with Gasteiger partial charge in [-0.1, -0.05) is 12.1 Å². The monoisotopic (exact) mass is 185 g/mol. The lowest BCUT2D eigenvalue weighted by molar-refractivity contribution is 0.179. The number of hydrogen-bond donors (Lipinski definition) is 2. The highest BCUT2D eigenvalue weighted by Gasteiger charge is 2.12. The van der Waals surface area contributed by atoms with Gasteiger partial charge in [-0.15, -0.1) is 0 Å². The molecule has 1 rings (SSSR count). The molecule has 3 nitrogen and oxygen atoms in total. The summed E-state index contributed by atoms with van der Waals surface area (Å²) in [6.07, 6.45) is 0. The maximum absolute atomic E-state index is 12.8. The number of aromatic hydroxyl groups is 1. The molecule has 0 heterocycles. The molecule has 0 radical (unpaired) electrons. The molecule has 0 aliphatic heterocycles. The van der Waals surface area contributed by atoms with Crippen LogP contribution in [0.2, 0.25) is 0 Å². The minimum absolute atomic E-state index is 0.247. The van der Waals surface area contributed by atoms with Gasteiger partial charge in [-0.3, -0.25) is 0 Å². The minimum atomic E-state index is -0.663. The van der Waals surface area contributed by atoms with E-state index in [2.05, 4.69) is 0 Å². The van der Waals surface area contributed by atoms with Crippen LogP contribution in [0.15, 0.2) is 18.2 Å². The van der Waals surface area contributed by atoms with E-state index in [1.165, 1.54) is 19.2 Å². The zero-order chi connectivity index (χ0) is 9.84. The Kier molecular flexibility index (Phi) is 3.22. The summed E-state index contributed by atoms with van der Waals surface area (Å²) in [6.45, 7) is 0.247. The van der Waals surface area contributed by atoms with Gasteiger partial charge < -0.3 is 15.6 Å². The van der Waals surface area contributed by atoms with E-state index < -0.39 is 17.6 Å². The Bertz CT molecular complexity index is 291. The third kappa shape index (κ3) is 2.17. The van der Waals surface area contributed by atoms with Gasteiger partial charge in [0.1, 0.15) is 0 Å². The molecule has 0 saturated heterocycles. The summed E-state index contributed by atoms with van der Waals surface area (Å²) in [7, 11) is 1.50. The van der Waals surface area contributed by atoms with Crippen LogP contribution in [-0.2, 0) is 4.74 Å². The lowest BCUT2D eigenvalue weighted by atomic mass is 10.1. The van der Waals surface area contributed by atoms with Gasteiger partial charge in [0.25, 0.3) is 0 Å². The molecular formula is C9H12FNO2. The second-order valence-electron chi connectivity index (χ2n) is 2.74. The summed E-state index contributed by atoms with van der Waals surface area (Å²) in [5.74, 6) is -1.06. The molecule has 1 aromatic rings. The molecule has 0 unspecified atom stereocenters. The van der Waals surface area contributed by atoms with Gasteiger partial charge in [-0.2, -0.15) is 0 Å². The molecule has 72 valence electrons. The fourth-order valence-corrected chi connectivity index (χ4v) is 1.10. The van der Waals surface area contributed by atoms with Crippen LogP contribution in [0, 0.1) is 5.82 Å². The standard InChI is InChI=1S/C9H12FNO2/c1-13-5-8(11)6-3-2-4-7(10)9(6)12/h2-4,8,12H,5,11H2,1H3/t8-/m0/s1. The Morgan fingerprint density at radius 2 is 2.31 bits per heavy atom. The molecule has 4 heteroatoms. The van der Waals surface area contributed by atoms with Crippen LogP contribution in [0.1, 0.15) is 11.6 Å². The smallest absolute Gasteiger partial charge is 0.165 e. The molecule has 0 aliphatic carbocycles. The molecule has 3 N–H and O–H groups in total. The van der Waals surface area contributed by atoms with Crippen molar-refractivity contribution in [3.8, 4) is 5.75 Å². The van der Waals surface area contributed by atoms with Gasteiger partial charge in [-0.25, -0.2) is 4.39 Å². The van der Waals surface area contributed by atoms with E-state index in [1.54, 1.807) is 6.07 Å². The summed E-state index contributed by atoms with van der Waals surface area (Å²) >= 11 is 0. The van der Waals surface area contributed by atoms with Crippen LogP contribution in [0.3, 0.4) is 0 Å². The largest absolute Gasteiger partial charge is 0.505 e. The summed E-state index contributed by atoms with van der Waals surface area (Å²) in [6, 6.07) is 3.75. The highest BCUT2D eigenvalue weighted by atomic mass is 19.1. The zero-order valence-corrected chi connectivity index (χ0v) is 7.33. The maximum atomic E-state index is 12.8. The molecule has 0 aliphatic rings. The number of benzene rings is 1. The zero-order valence-electron chi connectivity index (χ0n) is 7.33. The van der Waals surface area contributed by atoms with Crippen molar-refractivity contribution < 1.29 is 14.2 Å². The van der Waals surface area contributed by atoms with E-state index in [1.807, 2.05) is 0 Å². The molecule has 13 heavy (non-hydrogen) atoms. The van der Waals surface area contributed by atoms with Crippen molar-refractivity contribution >= 4 is 0 Å². The van der Waals surface area contributed by atoms with Crippen molar-refractivity contribution in [3.63, 3.8) is 0 Å². The summed E-state index contributed by atoms with van der Waals surface area (Å²) < 4.78 is 17.6. The van der Waals surface area contributed by atoms with Gasteiger partial charge in [0.2, 0.25) is 0 Å². The van der Waals surface area contributed by atoms with Crippen LogP contribution >= 0.6 is 0 Å². The number of ether oxygens (including phenoxy) is 1. The first kappa shape index (κ1) is 9.95. The van der Waals surface area contributed by atoms with Crippen molar-refractivity contribution in [2.24, 2.45) is 5.73 Å². The average Bonchev–Trinajstić information content (AvgIpc) is 2.10. The third-order valence-corrected chi connectivity index (χ3v) is 1.76. The second kappa shape index (κ2) is 4.20. The molecule has 0 spiro atoms. The molecular weight excluding hydrogens is 173 g/mol. The van der Waals surface area contributed by atoms with Crippen molar-refractivity contribution in [3.05, 3.63) is 29.6 Å². The lowest BCUT2D eigenvalue weighted by Gasteiger charge is -2.12. The van der Waals surface area contributed by atoms with Gasteiger partial charge >= 0.3 is 0 Å². The summed E-state index contributed by atoms with van der Waals surface area (Å²) in [5.41, 5.74) is 5.99.